The number of hydrogen-bond acceptors (Lipinski definition) is 3. The monoisotopic (exact) mass is 466 g/mol. The van der Waals surface area contributed by atoms with Gasteiger partial charge in [0.15, 0.2) is 0 Å². The summed E-state index contributed by atoms with van der Waals surface area (Å²) in [6.07, 6.45) is 8.86. The molecule has 0 radical (unpaired) electrons. The van der Waals surface area contributed by atoms with Crippen LogP contribution in [-0.2, 0) is 29.6 Å². The Morgan fingerprint density at radius 2 is 1.77 bits per heavy atom. The molecule has 0 bridgehead atoms. The lowest BCUT2D eigenvalue weighted by atomic mass is 9.91. The number of carbonyl (C=O) groups is 2. The first-order chi connectivity index (χ1) is 17.0. The second-order valence-corrected chi connectivity index (χ2v) is 9.40. The van der Waals surface area contributed by atoms with E-state index in [-0.39, 0.29) is 18.2 Å². The molecule has 0 aliphatic heterocycles. The number of benzene rings is 2. The predicted octanol–water partition coefficient (Wildman–Crippen LogP) is 5.10. The van der Waals surface area contributed by atoms with Crippen molar-refractivity contribution in [1.29, 1.82) is 0 Å². The minimum Gasteiger partial charge on any atom is -0.351 e. The van der Waals surface area contributed by atoms with Crippen molar-refractivity contribution in [3.63, 3.8) is 0 Å². The lowest BCUT2D eigenvalue weighted by Crippen LogP contribution is -2.57. The molecule has 1 aliphatic rings. The molecule has 0 unspecified atom stereocenters. The average Bonchev–Trinajstić information content (AvgIpc) is 3.52. The van der Waals surface area contributed by atoms with E-state index in [2.05, 4.69) is 14.9 Å². The normalized spacial score (nSPS) is 14.7. The molecule has 5 rings (SSSR count). The second kappa shape index (κ2) is 9.74. The summed E-state index contributed by atoms with van der Waals surface area (Å²) >= 11 is 0. The third-order valence-corrected chi connectivity index (χ3v) is 7.08. The third-order valence-electron chi connectivity index (χ3n) is 7.08. The van der Waals surface area contributed by atoms with Gasteiger partial charge in [0.2, 0.25) is 11.8 Å². The first kappa shape index (κ1) is 22.8. The Labute approximate surface area is 205 Å². The van der Waals surface area contributed by atoms with Gasteiger partial charge in [0.1, 0.15) is 5.54 Å². The van der Waals surface area contributed by atoms with Crippen LogP contribution in [0.15, 0.2) is 85.3 Å². The Bertz CT molecular complexity index is 1320. The number of hydrogen-bond donors (Lipinski definition) is 1. The van der Waals surface area contributed by atoms with Crippen molar-refractivity contribution in [2.45, 2.75) is 44.2 Å². The maximum Gasteiger partial charge on any atom is 0.250 e. The molecule has 0 saturated heterocycles. The maximum absolute atomic E-state index is 13.9. The Balaban J connectivity index is 1.47. The van der Waals surface area contributed by atoms with E-state index in [0.717, 1.165) is 40.6 Å². The first-order valence-electron chi connectivity index (χ1n) is 12.1. The van der Waals surface area contributed by atoms with Crippen molar-refractivity contribution in [2.24, 2.45) is 7.05 Å². The van der Waals surface area contributed by atoms with E-state index in [1.165, 1.54) is 0 Å². The highest BCUT2D eigenvalue weighted by molar-refractivity contribution is 6.02. The first-order valence-corrected chi connectivity index (χ1v) is 12.1. The SMILES string of the molecule is Cn1ccc2cc(NC(=O)C3(N(Cc4cccnc4)C(=O)Cc4ccccc4)CCCC3)ccc21. The van der Waals surface area contributed by atoms with E-state index in [1.54, 1.807) is 17.3 Å². The van der Waals surface area contributed by atoms with Crippen molar-refractivity contribution < 1.29 is 9.59 Å². The number of aromatic nitrogens is 2. The predicted molar refractivity (Wildman–Crippen MR) is 138 cm³/mol. The van der Waals surface area contributed by atoms with E-state index < -0.39 is 5.54 Å². The molecule has 4 aromatic rings. The van der Waals surface area contributed by atoms with E-state index >= 15 is 0 Å². The summed E-state index contributed by atoms with van der Waals surface area (Å²) in [6.45, 7) is 0.352. The molecule has 0 atom stereocenters. The van der Waals surface area contributed by atoms with Crippen molar-refractivity contribution in [1.82, 2.24) is 14.5 Å². The number of fused-ring (bicyclic) bond motifs is 1. The van der Waals surface area contributed by atoms with Crippen LogP contribution < -0.4 is 5.32 Å². The van der Waals surface area contributed by atoms with Gasteiger partial charge in [-0.25, -0.2) is 0 Å². The lowest BCUT2D eigenvalue weighted by Gasteiger charge is -2.40. The molecule has 2 heterocycles. The molecule has 2 aromatic carbocycles. The highest BCUT2D eigenvalue weighted by Gasteiger charge is 2.48. The van der Waals surface area contributed by atoms with E-state index in [4.69, 9.17) is 0 Å². The molecule has 1 aliphatic carbocycles. The number of rotatable bonds is 7. The summed E-state index contributed by atoms with van der Waals surface area (Å²) in [5.74, 6) is -0.161. The largest absolute Gasteiger partial charge is 0.351 e. The van der Waals surface area contributed by atoms with Gasteiger partial charge in [0.25, 0.3) is 0 Å². The molecule has 2 amide bonds. The molecule has 1 N–H and O–H groups in total. The molecule has 1 saturated carbocycles. The minimum absolute atomic E-state index is 0.0457. The number of pyridine rings is 1. The highest BCUT2D eigenvalue weighted by Crippen LogP contribution is 2.38. The fourth-order valence-corrected chi connectivity index (χ4v) is 5.20. The van der Waals surface area contributed by atoms with Crippen LogP contribution in [-0.4, -0.2) is 31.8 Å². The fourth-order valence-electron chi connectivity index (χ4n) is 5.20. The zero-order valence-electron chi connectivity index (χ0n) is 20.0. The van der Waals surface area contributed by atoms with Crippen LogP contribution in [0, 0.1) is 0 Å². The summed E-state index contributed by atoms with van der Waals surface area (Å²) < 4.78 is 2.05. The van der Waals surface area contributed by atoms with Crippen molar-refractivity contribution in [3.8, 4) is 0 Å². The third kappa shape index (κ3) is 4.69. The number of amides is 2. The summed E-state index contributed by atoms with van der Waals surface area (Å²) in [6, 6.07) is 21.5. The molecular weight excluding hydrogens is 436 g/mol. The fraction of sp³-hybridized carbons (Fsp3) is 0.276. The topological polar surface area (TPSA) is 67.2 Å². The van der Waals surface area contributed by atoms with Crippen LogP contribution >= 0.6 is 0 Å². The molecule has 178 valence electrons. The van der Waals surface area contributed by atoms with Crippen molar-refractivity contribution >= 4 is 28.4 Å². The standard InChI is InChI=1S/C29H30N4O2/c1-32-17-13-24-19-25(11-12-26(24)32)31-28(35)29(14-5-6-15-29)33(21-23-10-7-16-30-20-23)27(34)18-22-8-3-2-4-9-22/h2-4,7-13,16-17,19-20H,5-6,14-15,18,21H2,1H3,(H,31,35). The van der Waals surface area contributed by atoms with Gasteiger partial charge < -0.3 is 14.8 Å². The lowest BCUT2D eigenvalue weighted by molar-refractivity contribution is -0.145. The van der Waals surface area contributed by atoms with Crippen LogP contribution in [0.4, 0.5) is 5.69 Å². The summed E-state index contributed by atoms with van der Waals surface area (Å²) in [5, 5.41) is 4.22. The molecule has 0 spiro atoms. The molecule has 1 fully saturated rings. The van der Waals surface area contributed by atoms with Crippen LogP contribution in [0.5, 0.6) is 0 Å². The summed E-state index contributed by atoms with van der Waals surface area (Å²) in [4.78, 5) is 33.7. The number of aryl methyl sites for hydroxylation is 1. The zero-order valence-corrected chi connectivity index (χ0v) is 20.0. The average molecular weight is 467 g/mol. The summed E-state index contributed by atoms with van der Waals surface area (Å²) in [5.41, 5.74) is 2.81. The van der Waals surface area contributed by atoms with Gasteiger partial charge in [-0.15, -0.1) is 0 Å². The quantitative estimate of drug-likeness (QED) is 0.412. The van der Waals surface area contributed by atoms with Crippen molar-refractivity contribution in [2.75, 3.05) is 5.32 Å². The van der Waals surface area contributed by atoms with Gasteiger partial charge >= 0.3 is 0 Å². The smallest absolute Gasteiger partial charge is 0.250 e. The zero-order chi connectivity index (χ0) is 24.3. The Kier molecular flexibility index (Phi) is 6.36. The van der Waals surface area contributed by atoms with Crippen LogP contribution in [0.1, 0.15) is 36.8 Å². The van der Waals surface area contributed by atoms with Crippen LogP contribution in [0.25, 0.3) is 10.9 Å². The highest BCUT2D eigenvalue weighted by atomic mass is 16.2. The van der Waals surface area contributed by atoms with Gasteiger partial charge in [-0.1, -0.05) is 49.2 Å². The molecule has 2 aromatic heterocycles. The van der Waals surface area contributed by atoms with Gasteiger partial charge in [-0.05, 0) is 54.3 Å². The number of carbonyl (C=O) groups excluding carboxylic acids is 2. The van der Waals surface area contributed by atoms with E-state index in [0.29, 0.717) is 19.4 Å². The minimum atomic E-state index is -0.895. The van der Waals surface area contributed by atoms with Gasteiger partial charge in [0, 0.05) is 48.8 Å². The van der Waals surface area contributed by atoms with Gasteiger partial charge in [-0.2, -0.15) is 0 Å². The van der Waals surface area contributed by atoms with Gasteiger partial charge in [-0.3, -0.25) is 14.6 Å². The Hall–Kier alpha value is -3.93. The number of nitrogens with zero attached hydrogens (tertiary/aromatic N) is 3. The maximum atomic E-state index is 13.9. The van der Waals surface area contributed by atoms with Crippen molar-refractivity contribution in [3.05, 3.63) is 96.4 Å². The number of anilines is 1. The molecule has 6 heteroatoms. The molecule has 35 heavy (non-hydrogen) atoms. The Morgan fingerprint density at radius 3 is 2.51 bits per heavy atom. The van der Waals surface area contributed by atoms with E-state index in [9.17, 15) is 9.59 Å². The summed E-state index contributed by atoms with van der Waals surface area (Å²) in [7, 11) is 2.00. The molecular formula is C29H30N4O2. The molecule has 6 nitrogen and oxygen atoms in total. The van der Waals surface area contributed by atoms with Crippen LogP contribution in [0.2, 0.25) is 0 Å². The number of nitrogens with one attached hydrogen (secondary N) is 1. The second-order valence-electron chi connectivity index (χ2n) is 9.40. The Morgan fingerprint density at radius 1 is 1.00 bits per heavy atom. The van der Waals surface area contributed by atoms with E-state index in [1.807, 2.05) is 80.0 Å². The van der Waals surface area contributed by atoms with Crippen LogP contribution in [0.3, 0.4) is 0 Å². The van der Waals surface area contributed by atoms with Gasteiger partial charge in [0.05, 0.1) is 6.42 Å².